The molecule has 3 N–H and O–H groups in total. The highest BCUT2D eigenvalue weighted by molar-refractivity contribution is 8.01. The Bertz CT molecular complexity index is 942. The Kier molecular flexibility index (Phi) is 6.03. The van der Waals surface area contributed by atoms with Crippen molar-refractivity contribution in [3.05, 3.63) is 42.0 Å². The molecule has 2 aromatic carbocycles. The topological polar surface area (TPSA) is 102 Å². The quantitative estimate of drug-likeness (QED) is 0.367. The molecule has 0 fully saturated rings. The van der Waals surface area contributed by atoms with Gasteiger partial charge in [0.15, 0.2) is 4.34 Å². The number of hydrazone groups is 1. The first-order chi connectivity index (χ1) is 12.7. The number of benzene rings is 2. The summed E-state index contributed by atoms with van der Waals surface area (Å²) in [5.74, 6) is 0.668. The molecule has 0 saturated heterocycles. The van der Waals surface area contributed by atoms with Gasteiger partial charge in [0.05, 0.1) is 18.6 Å². The minimum atomic E-state index is -0.238. The van der Waals surface area contributed by atoms with Gasteiger partial charge < -0.3 is 10.5 Å². The van der Waals surface area contributed by atoms with Gasteiger partial charge in [-0.05, 0) is 23.8 Å². The van der Waals surface area contributed by atoms with Gasteiger partial charge in [-0.25, -0.2) is 5.43 Å². The zero-order valence-corrected chi connectivity index (χ0v) is 15.6. The van der Waals surface area contributed by atoms with E-state index in [9.17, 15) is 4.79 Å². The van der Waals surface area contributed by atoms with Gasteiger partial charge in [-0.3, -0.25) is 4.79 Å². The van der Waals surface area contributed by atoms with E-state index in [1.54, 1.807) is 6.21 Å². The zero-order valence-electron chi connectivity index (χ0n) is 14.0. The number of nitrogens with one attached hydrogen (secondary N) is 1. The van der Waals surface area contributed by atoms with Crippen molar-refractivity contribution < 1.29 is 9.53 Å². The number of fused-ring (bicyclic) bond motifs is 1. The number of ether oxygens (including phenoxy) is 1. The van der Waals surface area contributed by atoms with Crippen molar-refractivity contribution in [2.24, 2.45) is 5.10 Å². The molecule has 0 unspecified atom stereocenters. The van der Waals surface area contributed by atoms with Crippen molar-refractivity contribution in [2.75, 3.05) is 18.1 Å². The van der Waals surface area contributed by atoms with Gasteiger partial charge in [-0.1, -0.05) is 53.4 Å². The number of rotatable bonds is 7. The van der Waals surface area contributed by atoms with Crippen LogP contribution in [0.3, 0.4) is 0 Å². The number of anilines is 1. The number of carbonyl (C=O) groups excluding carboxylic acids is 1. The number of amides is 1. The fourth-order valence-corrected chi connectivity index (χ4v) is 3.73. The lowest BCUT2D eigenvalue weighted by atomic mass is 10.0. The molecule has 0 spiro atoms. The van der Waals surface area contributed by atoms with Crippen LogP contribution >= 0.6 is 23.1 Å². The van der Waals surface area contributed by atoms with Crippen molar-refractivity contribution in [1.29, 1.82) is 0 Å². The van der Waals surface area contributed by atoms with E-state index in [1.165, 1.54) is 23.1 Å². The highest BCUT2D eigenvalue weighted by Gasteiger charge is 2.08. The second-order valence-electron chi connectivity index (χ2n) is 5.12. The average Bonchev–Trinajstić information content (AvgIpc) is 3.07. The van der Waals surface area contributed by atoms with Crippen molar-refractivity contribution in [2.45, 2.75) is 11.3 Å². The van der Waals surface area contributed by atoms with Crippen LogP contribution in [0.5, 0.6) is 5.75 Å². The van der Waals surface area contributed by atoms with Crippen LogP contribution in [0.25, 0.3) is 10.8 Å². The van der Waals surface area contributed by atoms with Gasteiger partial charge in [0.2, 0.25) is 5.13 Å². The predicted octanol–water partition coefficient (Wildman–Crippen LogP) is 2.91. The number of nitrogens with zero attached hydrogens (tertiary/aromatic N) is 3. The Morgan fingerprint density at radius 3 is 2.96 bits per heavy atom. The first-order valence-electron chi connectivity index (χ1n) is 7.85. The molecular weight excluding hydrogens is 370 g/mol. The first kappa shape index (κ1) is 18.2. The summed E-state index contributed by atoms with van der Waals surface area (Å²) in [5, 5.41) is 14.1. The van der Waals surface area contributed by atoms with E-state index in [1.807, 2.05) is 43.3 Å². The predicted molar refractivity (Wildman–Crippen MR) is 106 cm³/mol. The van der Waals surface area contributed by atoms with Crippen LogP contribution in [-0.2, 0) is 4.79 Å². The Balaban J connectivity index is 1.69. The normalized spacial score (nSPS) is 11.1. The van der Waals surface area contributed by atoms with E-state index < -0.39 is 0 Å². The summed E-state index contributed by atoms with van der Waals surface area (Å²) in [7, 11) is 0. The third-order valence-corrected chi connectivity index (χ3v) is 5.25. The van der Waals surface area contributed by atoms with Crippen LogP contribution in [-0.4, -0.2) is 34.7 Å². The lowest BCUT2D eigenvalue weighted by molar-refractivity contribution is -0.118. The maximum atomic E-state index is 11.9. The van der Waals surface area contributed by atoms with Gasteiger partial charge in [0, 0.05) is 5.56 Å². The summed E-state index contributed by atoms with van der Waals surface area (Å²) in [6.07, 6.45) is 1.61. The monoisotopic (exact) mass is 387 g/mol. The lowest BCUT2D eigenvalue weighted by Gasteiger charge is -2.10. The van der Waals surface area contributed by atoms with E-state index >= 15 is 0 Å². The minimum absolute atomic E-state index is 0.180. The first-order valence-corrected chi connectivity index (χ1v) is 9.66. The van der Waals surface area contributed by atoms with Gasteiger partial charge in [0.25, 0.3) is 5.91 Å². The number of hydrogen-bond donors (Lipinski definition) is 2. The number of carbonyl (C=O) groups is 1. The Labute approximate surface area is 158 Å². The van der Waals surface area contributed by atoms with Crippen LogP contribution in [0, 0.1) is 0 Å². The van der Waals surface area contributed by atoms with Gasteiger partial charge in [-0.2, -0.15) is 5.10 Å². The van der Waals surface area contributed by atoms with Crippen molar-refractivity contribution in [1.82, 2.24) is 15.6 Å². The van der Waals surface area contributed by atoms with Crippen LogP contribution in [0.4, 0.5) is 5.13 Å². The van der Waals surface area contributed by atoms with Crippen LogP contribution < -0.4 is 15.9 Å². The molecule has 0 aliphatic heterocycles. The molecule has 0 aliphatic rings. The summed E-state index contributed by atoms with van der Waals surface area (Å²) in [6.45, 7) is 2.47. The highest BCUT2D eigenvalue weighted by atomic mass is 32.2. The molecule has 0 aliphatic carbocycles. The molecule has 9 heteroatoms. The maximum Gasteiger partial charge on any atom is 0.250 e. The summed E-state index contributed by atoms with van der Waals surface area (Å²) >= 11 is 2.51. The Morgan fingerprint density at radius 2 is 2.19 bits per heavy atom. The molecule has 0 atom stereocenters. The average molecular weight is 387 g/mol. The molecule has 0 saturated carbocycles. The standard InChI is InChI=1S/C17H17N5O2S2/c1-2-24-14-8-7-11-5-3-4-6-12(11)13(14)9-19-20-15(23)10-25-17-22-21-16(18)26-17/h3-9H,2,10H2,1H3,(H2,18,21)(H,20,23)/b19-9+. The molecule has 1 heterocycles. The number of nitrogens with two attached hydrogens (primary N) is 1. The summed E-state index contributed by atoms with van der Waals surface area (Å²) in [5.41, 5.74) is 8.86. The molecule has 1 aromatic heterocycles. The molecular formula is C17H17N5O2S2. The smallest absolute Gasteiger partial charge is 0.250 e. The summed E-state index contributed by atoms with van der Waals surface area (Å²) in [6, 6.07) is 11.9. The van der Waals surface area contributed by atoms with Gasteiger partial charge >= 0.3 is 0 Å². The van der Waals surface area contributed by atoms with E-state index in [4.69, 9.17) is 10.5 Å². The molecule has 1 amide bonds. The van der Waals surface area contributed by atoms with Gasteiger partial charge in [-0.15, -0.1) is 10.2 Å². The second-order valence-corrected chi connectivity index (χ2v) is 7.35. The van der Waals surface area contributed by atoms with Crippen LogP contribution in [0.15, 0.2) is 45.8 Å². The fraction of sp³-hybridized carbons (Fsp3) is 0.176. The second kappa shape index (κ2) is 8.63. The molecule has 26 heavy (non-hydrogen) atoms. The van der Waals surface area contributed by atoms with Gasteiger partial charge in [0.1, 0.15) is 5.75 Å². The zero-order chi connectivity index (χ0) is 18.4. The van der Waals surface area contributed by atoms with E-state index in [0.717, 1.165) is 22.1 Å². The van der Waals surface area contributed by atoms with Crippen molar-refractivity contribution in [3.63, 3.8) is 0 Å². The maximum absolute atomic E-state index is 11.9. The van der Waals surface area contributed by atoms with E-state index in [-0.39, 0.29) is 11.7 Å². The molecule has 7 nitrogen and oxygen atoms in total. The largest absolute Gasteiger partial charge is 0.493 e. The molecule has 3 rings (SSSR count). The minimum Gasteiger partial charge on any atom is -0.493 e. The highest BCUT2D eigenvalue weighted by Crippen LogP contribution is 2.27. The lowest BCUT2D eigenvalue weighted by Crippen LogP contribution is -2.19. The summed E-state index contributed by atoms with van der Waals surface area (Å²) < 4.78 is 6.32. The Morgan fingerprint density at radius 1 is 1.35 bits per heavy atom. The van der Waals surface area contributed by atoms with E-state index in [2.05, 4.69) is 20.7 Å². The SMILES string of the molecule is CCOc1ccc2ccccc2c1/C=N/NC(=O)CSc1nnc(N)s1. The third kappa shape index (κ3) is 4.50. The van der Waals surface area contributed by atoms with Crippen molar-refractivity contribution >= 4 is 51.1 Å². The fourth-order valence-electron chi connectivity index (χ4n) is 2.30. The molecule has 0 bridgehead atoms. The molecule has 0 radical (unpaired) electrons. The van der Waals surface area contributed by atoms with E-state index in [0.29, 0.717) is 16.1 Å². The number of nitrogen functional groups attached to an aromatic ring is 1. The Hall–Kier alpha value is -2.65. The molecule has 134 valence electrons. The number of aromatic nitrogens is 2. The van der Waals surface area contributed by atoms with Crippen LogP contribution in [0.1, 0.15) is 12.5 Å². The number of hydrogen-bond acceptors (Lipinski definition) is 8. The summed E-state index contributed by atoms with van der Waals surface area (Å²) in [4.78, 5) is 11.9. The van der Waals surface area contributed by atoms with Crippen LogP contribution in [0.2, 0.25) is 0 Å². The third-order valence-electron chi connectivity index (χ3n) is 3.36. The number of thioether (sulfide) groups is 1. The molecule has 3 aromatic rings. The van der Waals surface area contributed by atoms with Crippen molar-refractivity contribution in [3.8, 4) is 5.75 Å².